The number of nitrogens with zero attached hydrogens (tertiary/aromatic N) is 4. The maximum atomic E-state index is 13.4. The third-order valence-corrected chi connectivity index (χ3v) is 5.59. The number of nitrogens with one attached hydrogen (secondary N) is 2. The van der Waals surface area contributed by atoms with Crippen LogP contribution in [-0.4, -0.2) is 37.6 Å². The maximum Gasteiger partial charge on any atom is 0.306 e. The fourth-order valence-corrected chi connectivity index (χ4v) is 3.77. The van der Waals surface area contributed by atoms with Gasteiger partial charge in [0.1, 0.15) is 23.2 Å². The molecule has 10 heteroatoms. The van der Waals surface area contributed by atoms with Crippen LogP contribution in [-0.2, 0) is 4.79 Å². The molecule has 156 valence electrons. The van der Waals surface area contributed by atoms with Crippen LogP contribution in [0.3, 0.4) is 0 Å². The van der Waals surface area contributed by atoms with Gasteiger partial charge in [-0.05, 0) is 49.8 Å². The molecule has 1 saturated carbocycles. The zero-order chi connectivity index (χ0) is 21.1. The molecule has 8 nitrogen and oxygen atoms in total. The molecule has 2 heterocycles. The van der Waals surface area contributed by atoms with Gasteiger partial charge in [-0.3, -0.25) is 4.79 Å². The minimum absolute atomic E-state index is 0.00737. The molecule has 0 spiro atoms. The molecular formula is C20H20ClFN6O2. The van der Waals surface area contributed by atoms with E-state index in [1.54, 1.807) is 12.3 Å². The second-order valence-corrected chi connectivity index (χ2v) is 7.75. The molecule has 3 N–H and O–H groups in total. The van der Waals surface area contributed by atoms with Crippen molar-refractivity contribution in [3.63, 3.8) is 0 Å². The van der Waals surface area contributed by atoms with Crippen molar-refractivity contribution in [3.05, 3.63) is 41.6 Å². The molecule has 0 bridgehead atoms. The quantitative estimate of drug-likeness (QED) is 0.531. The first-order valence-corrected chi connectivity index (χ1v) is 10.0. The molecule has 4 rings (SSSR count). The van der Waals surface area contributed by atoms with Gasteiger partial charge in [-0.25, -0.2) is 24.3 Å². The number of anilines is 3. The van der Waals surface area contributed by atoms with E-state index in [0.717, 1.165) is 12.8 Å². The molecule has 30 heavy (non-hydrogen) atoms. The number of aromatic nitrogens is 4. The van der Waals surface area contributed by atoms with Crippen molar-refractivity contribution in [2.45, 2.75) is 25.7 Å². The van der Waals surface area contributed by atoms with Gasteiger partial charge in [0.25, 0.3) is 0 Å². The Morgan fingerprint density at radius 2 is 2.00 bits per heavy atom. The summed E-state index contributed by atoms with van der Waals surface area (Å²) < 4.78 is 13.4. The fraction of sp³-hybridized carbons (Fsp3) is 0.350. The molecule has 0 atom stereocenters. The summed E-state index contributed by atoms with van der Waals surface area (Å²) >= 11 is 5.85. The molecule has 0 amide bonds. The Bertz CT molecular complexity index is 1070. The smallest absolute Gasteiger partial charge is 0.306 e. The van der Waals surface area contributed by atoms with E-state index in [-0.39, 0.29) is 10.9 Å². The monoisotopic (exact) mass is 430 g/mol. The Kier molecular flexibility index (Phi) is 5.89. The van der Waals surface area contributed by atoms with Gasteiger partial charge in [0.2, 0.25) is 5.95 Å². The summed E-state index contributed by atoms with van der Waals surface area (Å²) in [6, 6.07) is 4.30. The van der Waals surface area contributed by atoms with Gasteiger partial charge in [-0.15, -0.1) is 0 Å². The molecule has 1 fully saturated rings. The highest BCUT2D eigenvalue weighted by Crippen LogP contribution is 2.29. The van der Waals surface area contributed by atoms with E-state index >= 15 is 0 Å². The number of carboxylic acid groups (broad SMARTS) is 1. The van der Waals surface area contributed by atoms with Crippen molar-refractivity contribution in [2.24, 2.45) is 11.8 Å². The van der Waals surface area contributed by atoms with Crippen molar-refractivity contribution in [2.75, 3.05) is 17.2 Å². The van der Waals surface area contributed by atoms with Gasteiger partial charge in [0.15, 0.2) is 5.82 Å². The lowest BCUT2D eigenvalue weighted by Crippen LogP contribution is -2.25. The van der Waals surface area contributed by atoms with E-state index in [1.807, 2.05) is 0 Å². The Balaban J connectivity index is 1.47. The molecule has 0 aliphatic heterocycles. The van der Waals surface area contributed by atoms with Crippen LogP contribution in [0.5, 0.6) is 0 Å². The van der Waals surface area contributed by atoms with E-state index in [4.69, 9.17) is 16.7 Å². The lowest BCUT2D eigenvalue weighted by atomic mass is 9.82. The Morgan fingerprint density at radius 3 is 2.73 bits per heavy atom. The highest BCUT2D eigenvalue weighted by molar-refractivity contribution is 6.31. The molecule has 0 saturated heterocycles. The molecule has 0 radical (unpaired) electrons. The topological polar surface area (TPSA) is 113 Å². The number of benzene rings is 1. The normalized spacial score (nSPS) is 18.9. The van der Waals surface area contributed by atoms with E-state index in [0.29, 0.717) is 53.8 Å². The molecule has 0 unspecified atom stereocenters. The third-order valence-electron chi connectivity index (χ3n) is 5.30. The number of hydrogen-bond donors (Lipinski definition) is 3. The molecule has 1 aromatic carbocycles. The zero-order valence-electron chi connectivity index (χ0n) is 16.0. The van der Waals surface area contributed by atoms with Crippen molar-refractivity contribution >= 4 is 46.1 Å². The van der Waals surface area contributed by atoms with Gasteiger partial charge in [0.05, 0.1) is 17.1 Å². The summed E-state index contributed by atoms with van der Waals surface area (Å²) in [7, 11) is 0. The Hall–Kier alpha value is -3.07. The minimum atomic E-state index is -0.707. The maximum absolute atomic E-state index is 13.4. The van der Waals surface area contributed by atoms with Crippen molar-refractivity contribution < 1.29 is 14.3 Å². The first kappa shape index (κ1) is 20.2. The van der Waals surface area contributed by atoms with Crippen molar-refractivity contribution in [1.82, 2.24) is 19.9 Å². The number of halogens is 2. The number of carbonyl (C=O) groups is 1. The summed E-state index contributed by atoms with van der Waals surface area (Å²) in [5.74, 6) is -0.162. The summed E-state index contributed by atoms with van der Waals surface area (Å²) in [5, 5.41) is 15.4. The first-order valence-electron chi connectivity index (χ1n) is 9.66. The SMILES string of the molecule is O=C(O)C1CCC(CNc2ncc3ncnc(Nc4ccc(F)c(Cl)c4)c3n2)CC1. The Morgan fingerprint density at radius 1 is 1.20 bits per heavy atom. The van der Waals surface area contributed by atoms with Crippen LogP contribution in [0.2, 0.25) is 5.02 Å². The Labute approximate surface area is 176 Å². The van der Waals surface area contributed by atoms with Gasteiger partial charge >= 0.3 is 5.97 Å². The summed E-state index contributed by atoms with van der Waals surface area (Å²) in [6.07, 6.45) is 6.12. The average Bonchev–Trinajstić information content (AvgIpc) is 2.75. The van der Waals surface area contributed by atoms with Crippen molar-refractivity contribution in [1.29, 1.82) is 0 Å². The van der Waals surface area contributed by atoms with Gasteiger partial charge in [-0.1, -0.05) is 11.6 Å². The second kappa shape index (κ2) is 8.74. The summed E-state index contributed by atoms with van der Waals surface area (Å²) in [6.45, 7) is 0.669. The van der Waals surface area contributed by atoms with E-state index < -0.39 is 11.8 Å². The number of fused-ring (bicyclic) bond motifs is 1. The largest absolute Gasteiger partial charge is 0.481 e. The van der Waals surface area contributed by atoms with Crippen LogP contribution in [0, 0.1) is 17.7 Å². The van der Waals surface area contributed by atoms with Gasteiger partial charge < -0.3 is 15.7 Å². The van der Waals surface area contributed by atoms with Crippen LogP contribution in [0.1, 0.15) is 25.7 Å². The fourth-order valence-electron chi connectivity index (χ4n) is 3.59. The number of carboxylic acids is 1. The minimum Gasteiger partial charge on any atom is -0.481 e. The van der Waals surface area contributed by atoms with Gasteiger partial charge in [0, 0.05) is 12.2 Å². The highest BCUT2D eigenvalue weighted by Gasteiger charge is 2.25. The lowest BCUT2D eigenvalue weighted by Gasteiger charge is -2.26. The van der Waals surface area contributed by atoms with Crippen LogP contribution in [0.15, 0.2) is 30.7 Å². The lowest BCUT2D eigenvalue weighted by molar-refractivity contribution is -0.143. The van der Waals surface area contributed by atoms with Crippen LogP contribution < -0.4 is 10.6 Å². The molecule has 3 aromatic rings. The number of rotatable bonds is 6. The average molecular weight is 431 g/mol. The summed E-state index contributed by atoms with van der Waals surface area (Å²) in [5.41, 5.74) is 1.66. The van der Waals surface area contributed by atoms with Crippen LogP contribution >= 0.6 is 11.6 Å². The molecular weight excluding hydrogens is 411 g/mol. The van der Waals surface area contributed by atoms with Crippen LogP contribution in [0.4, 0.5) is 21.8 Å². The second-order valence-electron chi connectivity index (χ2n) is 7.34. The molecule has 2 aromatic heterocycles. The third kappa shape index (κ3) is 4.56. The predicted molar refractivity (Wildman–Crippen MR) is 111 cm³/mol. The highest BCUT2D eigenvalue weighted by atomic mass is 35.5. The number of aliphatic carboxylic acids is 1. The molecule has 1 aliphatic rings. The van der Waals surface area contributed by atoms with Crippen molar-refractivity contribution in [3.8, 4) is 0 Å². The van der Waals surface area contributed by atoms with Crippen LogP contribution in [0.25, 0.3) is 11.0 Å². The summed E-state index contributed by atoms with van der Waals surface area (Å²) in [4.78, 5) is 28.3. The van der Waals surface area contributed by atoms with Gasteiger partial charge in [-0.2, -0.15) is 0 Å². The van der Waals surface area contributed by atoms with E-state index in [2.05, 4.69) is 30.6 Å². The zero-order valence-corrected chi connectivity index (χ0v) is 16.7. The standard InChI is InChI=1S/C20H20ClFN6O2/c21-14-7-13(5-6-15(14)22)27-18-17-16(25-10-26-18)9-24-20(28-17)23-8-11-1-3-12(4-2-11)19(29)30/h5-7,9-12H,1-4,8H2,(H,29,30)(H,23,24,28)(H,25,26,27). The van der Waals surface area contributed by atoms with E-state index in [9.17, 15) is 9.18 Å². The predicted octanol–water partition coefficient (Wildman–Crippen LogP) is 4.26. The van der Waals surface area contributed by atoms with E-state index in [1.165, 1.54) is 18.5 Å². The number of hydrogen-bond acceptors (Lipinski definition) is 7. The first-order chi connectivity index (χ1) is 14.5. The molecule has 1 aliphatic carbocycles.